The third kappa shape index (κ3) is 5.67. The number of esters is 1. The van der Waals surface area contributed by atoms with Gasteiger partial charge >= 0.3 is 5.97 Å². The van der Waals surface area contributed by atoms with E-state index in [0.717, 1.165) is 21.2 Å². The van der Waals surface area contributed by atoms with Crippen molar-refractivity contribution in [1.82, 2.24) is 4.57 Å². The molecular formula is C30H23BrCl2N2O4S. The Kier molecular flexibility index (Phi) is 8.61. The third-order valence-electron chi connectivity index (χ3n) is 6.42. The average Bonchev–Trinajstić information content (AvgIpc) is 3.26. The molecule has 0 spiro atoms. The van der Waals surface area contributed by atoms with Gasteiger partial charge in [0.15, 0.2) is 4.80 Å². The van der Waals surface area contributed by atoms with Crippen molar-refractivity contribution < 1.29 is 14.3 Å². The summed E-state index contributed by atoms with van der Waals surface area (Å²) in [7, 11) is 1.34. The summed E-state index contributed by atoms with van der Waals surface area (Å²) in [6.45, 7) is 2.20. The molecule has 0 amide bonds. The van der Waals surface area contributed by atoms with Gasteiger partial charge in [-0.3, -0.25) is 9.36 Å². The molecule has 10 heteroatoms. The minimum atomic E-state index is -0.635. The summed E-state index contributed by atoms with van der Waals surface area (Å²) >= 11 is 17.1. The number of benzene rings is 3. The second kappa shape index (κ2) is 12.1. The summed E-state index contributed by atoms with van der Waals surface area (Å²) < 4.78 is 13.9. The van der Waals surface area contributed by atoms with E-state index < -0.39 is 12.0 Å². The monoisotopic (exact) mass is 656 g/mol. The lowest BCUT2D eigenvalue weighted by Crippen LogP contribution is -2.40. The van der Waals surface area contributed by atoms with Crippen LogP contribution in [0.3, 0.4) is 0 Å². The van der Waals surface area contributed by atoms with Crippen molar-refractivity contribution in [3.8, 4) is 5.75 Å². The second-order valence-electron chi connectivity index (χ2n) is 8.91. The van der Waals surface area contributed by atoms with E-state index in [2.05, 4.69) is 15.9 Å². The Morgan fingerprint density at radius 3 is 2.58 bits per heavy atom. The smallest absolute Gasteiger partial charge is 0.338 e. The van der Waals surface area contributed by atoms with Gasteiger partial charge < -0.3 is 9.47 Å². The lowest BCUT2D eigenvalue weighted by Gasteiger charge is -2.25. The quantitative estimate of drug-likeness (QED) is 0.214. The van der Waals surface area contributed by atoms with E-state index in [1.165, 1.54) is 18.4 Å². The molecule has 3 aromatic carbocycles. The average molecular weight is 658 g/mol. The first-order valence-electron chi connectivity index (χ1n) is 12.3. The standard InChI is InChI=1S/C30H23BrCl2N2O4S/c1-3-23-26(29(37)38-2)27(18-7-5-4-6-8-18)35-28(36)25(40-30(35)34-23)14-17-9-12-24(21(31)13-17)39-16-19-10-11-20(32)15-22(19)33/h4-15,27H,3,16H2,1-2H3/b25-14-/t27-/m1/s1. The largest absolute Gasteiger partial charge is 0.488 e. The molecule has 0 bridgehead atoms. The summed E-state index contributed by atoms with van der Waals surface area (Å²) in [5, 5.41) is 1.10. The summed E-state index contributed by atoms with van der Waals surface area (Å²) in [6.07, 6.45) is 2.33. The first kappa shape index (κ1) is 28.4. The molecule has 0 fully saturated rings. The minimum Gasteiger partial charge on any atom is -0.488 e. The van der Waals surface area contributed by atoms with Crippen LogP contribution >= 0.6 is 50.5 Å². The van der Waals surface area contributed by atoms with E-state index >= 15 is 0 Å². The number of rotatable bonds is 7. The van der Waals surface area contributed by atoms with Gasteiger partial charge in [-0.05, 0) is 63.8 Å². The first-order chi connectivity index (χ1) is 19.3. The molecule has 0 N–H and O–H groups in total. The lowest BCUT2D eigenvalue weighted by molar-refractivity contribution is -0.136. The van der Waals surface area contributed by atoms with Gasteiger partial charge in [0.1, 0.15) is 12.4 Å². The zero-order chi connectivity index (χ0) is 28.4. The molecule has 204 valence electrons. The van der Waals surface area contributed by atoms with E-state index in [1.807, 2.05) is 67.6 Å². The Hall–Kier alpha value is -3.17. The molecule has 1 atom stereocenters. The summed E-state index contributed by atoms with van der Waals surface area (Å²) in [4.78, 5) is 31.9. The number of hydrogen-bond acceptors (Lipinski definition) is 6. The highest BCUT2D eigenvalue weighted by atomic mass is 79.9. The molecule has 5 rings (SSSR count). The Bertz CT molecular complexity index is 1820. The zero-order valence-electron chi connectivity index (χ0n) is 21.5. The van der Waals surface area contributed by atoms with Gasteiger partial charge in [-0.1, -0.05) is 83.9 Å². The van der Waals surface area contributed by atoms with E-state index in [1.54, 1.807) is 16.7 Å². The van der Waals surface area contributed by atoms with Crippen LogP contribution in [-0.2, 0) is 16.1 Å². The number of fused-ring (bicyclic) bond motifs is 1. The predicted molar refractivity (Wildman–Crippen MR) is 162 cm³/mol. The van der Waals surface area contributed by atoms with Gasteiger partial charge in [0, 0.05) is 15.6 Å². The van der Waals surface area contributed by atoms with E-state index in [-0.39, 0.29) is 12.2 Å². The van der Waals surface area contributed by atoms with Crippen LogP contribution in [0.5, 0.6) is 5.75 Å². The van der Waals surface area contributed by atoms with Gasteiger partial charge in [0.25, 0.3) is 5.56 Å². The molecule has 0 saturated heterocycles. The van der Waals surface area contributed by atoms with E-state index in [9.17, 15) is 9.59 Å². The molecule has 0 saturated carbocycles. The van der Waals surface area contributed by atoms with Crippen molar-refractivity contribution >= 4 is 62.5 Å². The van der Waals surface area contributed by atoms with Crippen molar-refractivity contribution in [1.29, 1.82) is 0 Å². The van der Waals surface area contributed by atoms with Crippen LogP contribution in [0.25, 0.3) is 6.08 Å². The van der Waals surface area contributed by atoms with Crippen molar-refractivity contribution in [2.75, 3.05) is 7.11 Å². The van der Waals surface area contributed by atoms with Gasteiger partial charge in [-0.15, -0.1) is 0 Å². The number of aromatic nitrogens is 1. The van der Waals surface area contributed by atoms with E-state index in [4.69, 9.17) is 37.7 Å². The van der Waals surface area contributed by atoms with Gasteiger partial charge in [-0.25, -0.2) is 9.79 Å². The number of allylic oxidation sites excluding steroid dienone is 1. The maximum atomic E-state index is 13.8. The van der Waals surface area contributed by atoms with Crippen LogP contribution in [0.4, 0.5) is 0 Å². The molecule has 40 heavy (non-hydrogen) atoms. The number of ether oxygens (including phenoxy) is 2. The zero-order valence-corrected chi connectivity index (χ0v) is 25.4. The van der Waals surface area contributed by atoms with E-state index in [0.29, 0.717) is 42.8 Å². The number of hydrogen-bond donors (Lipinski definition) is 0. The van der Waals surface area contributed by atoms with Crippen LogP contribution in [0.15, 0.2) is 92.3 Å². The molecule has 0 unspecified atom stereocenters. The van der Waals surface area contributed by atoms with Crippen molar-refractivity contribution in [2.45, 2.75) is 26.0 Å². The summed E-state index contributed by atoms with van der Waals surface area (Å²) in [5.41, 5.74) is 3.17. The van der Waals surface area contributed by atoms with Gasteiger partial charge in [0.2, 0.25) is 0 Å². The molecule has 0 aliphatic carbocycles. The molecule has 0 radical (unpaired) electrons. The predicted octanol–water partition coefficient (Wildman–Crippen LogP) is 6.45. The maximum Gasteiger partial charge on any atom is 0.338 e. The van der Waals surface area contributed by atoms with Crippen LogP contribution < -0.4 is 19.6 Å². The number of thiazole rings is 1. The summed E-state index contributed by atoms with van der Waals surface area (Å²) in [5.74, 6) is 0.132. The molecule has 6 nitrogen and oxygen atoms in total. The molecule has 2 heterocycles. The van der Waals surface area contributed by atoms with Crippen molar-refractivity contribution in [3.05, 3.63) is 129 Å². The Labute approximate surface area is 252 Å². The normalized spacial score (nSPS) is 15.0. The highest BCUT2D eigenvalue weighted by Crippen LogP contribution is 2.32. The molecule has 1 aromatic heterocycles. The lowest BCUT2D eigenvalue weighted by atomic mass is 9.95. The third-order valence-corrected chi connectivity index (χ3v) is 8.61. The van der Waals surface area contributed by atoms with Crippen LogP contribution in [0.2, 0.25) is 10.0 Å². The number of nitrogens with zero attached hydrogens (tertiary/aromatic N) is 2. The number of carbonyl (C=O) groups is 1. The molecule has 1 aliphatic heterocycles. The number of halogens is 3. The Morgan fingerprint density at radius 1 is 1.12 bits per heavy atom. The van der Waals surface area contributed by atoms with Crippen LogP contribution in [0, 0.1) is 0 Å². The van der Waals surface area contributed by atoms with Gasteiger partial charge in [-0.2, -0.15) is 0 Å². The second-order valence-corrected chi connectivity index (χ2v) is 11.6. The topological polar surface area (TPSA) is 69.9 Å². The number of carbonyl (C=O) groups excluding carboxylic acids is 1. The Balaban J connectivity index is 1.52. The van der Waals surface area contributed by atoms with Crippen molar-refractivity contribution in [3.63, 3.8) is 0 Å². The number of methoxy groups -OCH3 is 1. The molecule has 4 aromatic rings. The highest BCUT2D eigenvalue weighted by molar-refractivity contribution is 9.10. The fraction of sp³-hybridized carbons (Fsp3) is 0.167. The van der Waals surface area contributed by atoms with Crippen LogP contribution in [-0.4, -0.2) is 17.6 Å². The fourth-order valence-electron chi connectivity index (χ4n) is 4.48. The maximum absolute atomic E-state index is 13.8. The summed E-state index contributed by atoms with van der Waals surface area (Å²) in [6, 6.07) is 19.7. The highest BCUT2D eigenvalue weighted by Gasteiger charge is 2.33. The Morgan fingerprint density at radius 2 is 1.90 bits per heavy atom. The molecule has 1 aliphatic rings. The molecular weight excluding hydrogens is 635 g/mol. The van der Waals surface area contributed by atoms with Gasteiger partial charge in [0.05, 0.1) is 33.4 Å². The SMILES string of the molecule is CCC1=C(C(=O)OC)[C@@H](c2ccccc2)n2c(s/c(=C\c3ccc(OCc4ccc(Cl)cc4Cl)c(Br)c3)c2=O)=N1. The minimum absolute atomic E-state index is 0.233. The first-order valence-corrected chi connectivity index (χ1v) is 14.7. The fourth-order valence-corrected chi connectivity index (χ4v) is 6.48. The van der Waals surface area contributed by atoms with Crippen molar-refractivity contribution in [2.24, 2.45) is 4.99 Å². The van der Waals surface area contributed by atoms with Crippen LogP contribution in [0.1, 0.15) is 36.1 Å².